The van der Waals surface area contributed by atoms with E-state index in [1.54, 1.807) is 0 Å². The molecular weight excluding hydrogens is 148 g/mol. The van der Waals surface area contributed by atoms with Gasteiger partial charge in [0.25, 0.3) is 0 Å². The number of alkyl halides is 2. The molecule has 0 spiro atoms. The molecule has 0 aromatic heterocycles. The maximum absolute atomic E-state index is 12.1. The smallest absolute Gasteiger partial charge is 0.208 e. The fourth-order valence-corrected chi connectivity index (χ4v) is 0.654. The third kappa shape index (κ3) is 1.05. The first-order chi connectivity index (χ1) is 4.54. The van der Waals surface area contributed by atoms with Crippen LogP contribution in [0.3, 0.4) is 0 Å². The van der Waals surface area contributed by atoms with Gasteiger partial charge in [-0.2, -0.15) is 8.78 Å². The van der Waals surface area contributed by atoms with E-state index in [-0.39, 0.29) is 6.42 Å². The standard InChI is InChI=1S/C6H4F4/c7-4-2-1-3-6(9,10)5(4)8/h1,3H,2H2. The lowest BCUT2D eigenvalue weighted by Gasteiger charge is -2.12. The Morgan fingerprint density at radius 2 is 1.90 bits per heavy atom. The minimum Gasteiger partial charge on any atom is -0.208 e. The van der Waals surface area contributed by atoms with Crippen LogP contribution in [0.2, 0.25) is 0 Å². The Hall–Kier alpha value is -0.800. The monoisotopic (exact) mass is 152 g/mol. The van der Waals surface area contributed by atoms with E-state index >= 15 is 0 Å². The van der Waals surface area contributed by atoms with Crippen LogP contribution in [0.15, 0.2) is 23.8 Å². The number of rotatable bonds is 0. The van der Waals surface area contributed by atoms with E-state index in [1.807, 2.05) is 0 Å². The van der Waals surface area contributed by atoms with Crippen molar-refractivity contribution < 1.29 is 17.6 Å². The van der Waals surface area contributed by atoms with Gasteiger partial charge in [-0.05, 0) is 6.08 Å². The van der Waals surface area contributed by atoms with Crippen molar-refractivity contribution in [1.82, 2.24) is 0 Å². The zero-order valence-electron chi connectivity index (χ0n) is 4.87. The molecule has 0 unspecified atom stereocenters. The van der Waals surface area contributed by atoms with E-state index in [4.69, 9.17) is 0 Å². The second-order valence-electron chi connectivity index (χ2n) is 1.95. The lowest BCUT2D eigenvalue weighted by molar-refractivity contribution is 0.0628. The molecule has 0 atom stereocenters. The second kappa shape index (κ2) is 2.11. The number of hydrogen-bond donors (Lipinski definition) is 0. The van der Waals surface area contributed by atoms with Gasteiger partial charge < -0.3 is 0 Å². The van der Waals surface area contributed by atoms with Gasteiger partial charge in [-0.15, -0.1) is 0 Å². The predicted octanol–water partition coefficient (Wildman–Crippen LogP) is 2.73. The zero-order valence-corrected chi connectivity index (χ0v) is 4.87. The largest absolute Gasteiger partial charge is 0.319 e. The van der Waals surface area contributed by atoms with Crippen LogP contribution in [-0.4, -0.2) is 5.92 Å². The average Bonchev–Trinajstić information content (AvgIpc) is 1.83. The van der Waals surface area contributed by atoms with Crippen molar-refractivity contribution >= 4 is 0 Å². The van der Waals surface area contributed by atoms with Crippen LogP contribution >= 0.6 is 0 Å². The number of allylic oxidation sites excluding steroid dienone is 4. The van der Waals surface area contributed by atoms with Crippen molar-refractivity contribution in [3.63, 3.8) is 0 Å². The minimum absolute atomic E-state index is 0.353. The molecular formula is C6H4F4. The number of halogens is 4. The Labute approximate surface area is 54.8 Å². The van der Waals surface area contributed by atoms with Crippen molar-refractivity contribution in [1.29, 1.82) is 0 Å². The number of hydrogen-bond acceptors (Lipinski definition) is 0. The van der Waals surface area contributed by atoms with Crippen LogP contribution < -0.4 is 0 Å². The van der Waals surface area contributed by atoms with Gasteiger partial charge in [0.05, 0.1) is 0 Å². The van der Waals surface area contributed by atoms with Crippen LogP contribution in [0.25, 0.3) is 0 Å². The van der Waals surface area contributed by atoms with E-state index in [1.165, 1.54) is 0 Å². The van der Waals surface area contributed by atoms with Gasteiger partial charge in [-0.1, -0.05) is 6.08 Å². The highest BCUT2D eigenvalue weighted by Gasteiger charge is 2.36. The summed E-state index contributed by atoms with van der Waals surface area (Å²) >= 11 is 0. The first-order valence-electron chi connectivity index (χ1n) is 2.64. The van der Waals surface area contributed by atoms with E-state index in [2.05, 4.69) is 0 Å². The van der Waals surface area contributed by atoms with Crippen molar-refractivity contribution in [2.75, 3.05) is 0 Å². The molecule has 4 heteroatoms. The third-order valence-corrected chi connectivity index (χ3v) is 1.16. The van der Waals surface area contributed by atoms with Crippen LogP contribution in [0.5, 0.6) is 0 Å². The third-order valence-electron chi connectivity index (χ3n) is 1.16. The lowest BCUT2D eigenvalue weighted by Crippen LogP contribution is -2.16. The molecule has 1 rings (SSSR count). The summed E-state index contributed by atoms with van der Waals surface area (Å²) < 4.78 is 48.3. The van der Waals surface area contributed by atoms with Gasteiger partial charge in [0.1, 0.15) is 5.83 Å². The molecule has 0 radical (unpaired) electrons. The van der Waals surface area contributed by atoms with Gasteiger partial charge >= 0.3 is 5.92 Å². The highest BCUT2D eigenvalue weighted by atomic mass is 19.3. The van der Waals surface area contributed by atoms with Crippen LogP contribution in [0.4, 0.5) is 17.6 Å². The molecule has 0 amide bonds. The maximum atomic E-state index is 12.1. The van der Waals surface area contributed by atoms with E-state index in [0.29, 0.717) is 6.08 Å². The lowest BCUT2D eigenvalue weighted by atomic mass is 10.1. The summed E-state index contributed by atoms with van der Waals surface area (Å²) in [5.74, 6) is -7.08. The maximum Gasteiger partial charge on any atom is 0.319 e. The van der Waals surface area contributed by atoms with Gasteiger partial charge in [0.2, 0.25) is 5.83 Å². The van der Waals surface area contributed by atoms with Crippen molar-refractivity contribution in [3.05, 3.63) is 23.8 Å². The molecule has 1 aliphatic rings. The summed E-state index contributed by atoms with van der Waals surface area (Å²) in [6.07, 6.45) is 0.880. The highest BCUT2D eigenvalue weighted by molar-refractivity contribution is 5.24. The van der Waals surface area contributed by atoms with E-state index < -0.39 is 17.6 Å². The zero-order chi connectivity index (χ0) is 7.78. The molecule has 0 saturated heterocycles. The van der Waals surface area contributed by atoms with Crippen molar-refractivity contribution in [2.24, 2.45) is 0 Å². The summed E-state index contributed by atoms with van der Waals surface area (Å²) in [5.41, 5.74) is 0. The summed E-state index contributed by atoms with van der Waals surface area (Å²) in [6.45, 7) is 0. The van der Waals surface area contributed by atoms with Crippen LogP contribution in [0.1, 0.15) is 6.42 Å². The van der Waals surface area contributed by atoms with Crippen LogP contribution in [-0.2, 0) is 0 Å². The molecule has 0 aliphatic heterocycles. The van der Waals surface area contributed by atoms with Crippen molar-refractivity contribution in [3.8, 4) is 0 Å². The Kier molecular flexibility index (Phi) is 1.54. The highest BCUT2D eigenvalue weighted by Crippen LogP contribution is 2.34. The van der Waals surface area contributed by atoms with Gasteiger partial charge in [0.15, 0.2) is 0 Å². The van der Waals surface area contributed by atoms with Crippen molar-refractivity contribution in [2.45, 2.75) is 12.3 Å². The second-order valence-corrected chi connectivity index (χ2v) is 1.95. The quantitative estimate of drug-likeness (QED) is 0.369. The molecule has 0 aromatic carbocycles. The first kappa shape index (κ1) is 7.31. The molecule has 0 N–H and O–H groups in total. The van der Waals surface area contributed by atoms with Gasteiger partial charge in [-0.3, -0.25) is 0 Å². The molecule has 0 nitrogen and oxygen atoms in total. The molecule has 1 aliphatic carbocycles. The normalized spacial score (nSPS) is 23.6. The minimum atomic E-state index is -3.73. The topological polar surface area (TPSA) is 0 Å². The molecule has 0 heterocycles. The van der Waals surface area contributed by atoms with Gasteiger partial charge in [0, 0.05) is 6.42 Å². The molecule has 10 heavy (non-hydrogen) atoms. The molecule has 0 saturated carbocycles. The molecule has 56 valence electrons. The Bertz CT molecular complexity index is 202. The van der Waals surface area contributed by atoms with Crippen LogP contribution in [0, 0.1) is 0 Å². The Balaban J connectivity index is 2.97. The molecule has 0 aromatic rings. The Morgan fingerprint density at radius 3 is 2.30 bits per heavy atom. The summed E-state index contributed by atoms with van der Waals surface area (Å²) in [6, 6.07) is 0. The predicted molar refractivity (Wildman–Crippen MR) is 27.9 cm³/mol. The summed E-state index contributed by atoms with van der Waals surface area (Å²) in [5, 5.41) is 0. The summed E-state index contributed by atoms with van der Waals surface area (Å²) in [4.78, 5) is 0. The average molecular weight is 152 g/mol. The SMILES string of the molecule is FC1=C(F)C(F)(F)C=CC1. The first-order valence-corrected chi connectivity index (χ1v) is 2.64. The molecule has 0 fully saturated rings. The van der Waals surface area contributed by atoms with E-state index in [0.717, 1.165) is 6.08 Å². The molecule has 0 bridgehead atoms. The Morgan fingerprint density at radius 1 is 1.30 bits per heavy atom. The summed E-state index contributed by atoms with van der Waals surface area (Å²) in [7, 11) is 0. The fourth-order valence-electron chi connectivity index (χ4n) is 0.654. The van der Waals surface area contributed by atoms with Gasteiger partial charge in [-0.25, -0.2) is 8.78 Å². The fraction of sp³-hybridized carbons (Fsp3) is 0.333. The van der Waals surface area contributed by atoms with E-state index in [9.17, 15) is 17.6 Å².